The number of morpholine rings is 1. The van der Waals surface area contributed by atoms with E-state index in [2.05, 4.69) is 15.5 Å². The Morgan fingerprint density at radius 1 is 1.27 bits per heavy atom. The van der Waals surface area contributed by atoms with Crippen LogP contribution in [0, 0.1) is 0 Å². The van der Waals surface area contributed by atoms with Crippen LogP contribution in [0.25, 0.3) is 0 Å². The average Bonchev–Trinajstić information content (AvgIpc) is 3.22. The van der Waals surface area contributed by atoms with Crippen LogP contribution in [0.3, 0.4) is 0 Å². The van der Waals surface area contributed by atoms with Crippen LogP contribution in [0.15, 0.2) is 24.3 Å². The number of carbonyl (C=O) groups excluding carboxylic acids is 2. The number of hydrogen-bond acceptors (Lipinski definition) is 4. The van der Waals surface area contributed by atoms with E-state index in [1.54, 1.807) is 13.1 Å². The molecule has 6 nitrogen and oxygen atoms in total. The molecule has 0 spiro atoms. The predicted molar refractivity (Wildman–Crippen MR) is 100 cm³/mol. The van der Waals surface area contributed by atoms with Crippen LogP contribution in [0.1, 0.15) is 41.6 Å². The third kappa shape index (κ3) is 4.62. The van der Waals surface area contributed by atoms with E-state index in [1.165, 1.54) is 25.7 Å². The maximum Gasteiger partial charge on any atom is 0.251 e. The first-order valence-electron chi connectivity index (χ1n) is 9.61. The van der Waals surface area contributed by atoms with Crippen molar-refractivity contribution in [1.29, 1.82) is 0 Å². The maximum atomic E-state index is 12.7. The van der Waals surface area contributed by atoms with Gasteiger partial charge in [-0.3, -0.25) is 14.5 Å². The minimum atomic E-state index is -0.177. The number of carbonyl (C=O) groups is 2. The van der Waals surface area contributed by atoms with E-state index in [4.69, 9.17) is 4.74 Å². The van der Waals surface area contributed by atoms with Gasteiger partial charge in [-0.15, -0.1) is 0 Å². The number of rotatable bonds is 6. The van der Waals surface area contributed by atoms with Crippen LogP contribution in [-0.2, 0) is 16.0 Å². The van der Waals surface area contributed by atoms with Gasteiger partial charge in [0.1, 0.15) is 6.04 Å². The van der Waals surface area contributed by atoms with Crippen LogP contribution < -0.4 is 10.6 Å². The molecule has 1 unspecified atom stereocenters. The molecule has 1 saturated carbocycles. The van der Waals surface area contributed by atoms with Crippen molar-refractivity contribution < 1.29 is 14.3 Å². The molecule has 0 bridgehead atoms. The van der Waals surface area contributed by atoms with Crippen LogP contribution in [0.4, 0.5) is 0 Å². The molecule has 1 aromatic rings. The first kappa shape index (κ1) is 18.9. The third-order valence-corrected chi connectivity index (χ3v) is 5.40. The number of amides is 2. The van der Waals surface area contributed by atoms with Gasteiger partial charge in [-0.05, 0) is 37.0 Å². The summed E-state index contributed by atoms with van der Waals surface area (Å²) in [5, 5.41) is 5.69. The summed E-state index contributed by atoms with van der Waals surface area (Å²) in [7, 11) is 1.62. The van der Waals surface area contributed by atoms with E-state index >= 15 is 0 Å². The highest BCUT2D eigenvalue weighted by Gasteiger charge is 2.35. The summed E-state index contributed by atoms with van der Waals surface area (Å²) in [6.45, 7) is 2.60. The largest absolute Gasteiger partial charge is 0.378 e. The second-order valence-corrected chi connectivity index (χ2v) is 7.09. The van der Waals surface area contributed by atoms with E-state index in [0.717, 1.165) is 12.1 Å². The van der Waals surface area contributed by atoms with Gasteiger partial charge >= 0.3 is 0 Å². The Morgan fingerprint density at radius 2 is 2.08 bits per heavy atom. The number of benzene rings is 1. The molecule has 6 heteroatoms. The lowest BCUT2D eigenvalue weighted by molar-refractivity contribution is -0.134. The number of ether oxygens (including phenoxy) is 1. The van der Waals surface area contributed by atoms with Crippen molar-refractivity contribution >= 4 is 11.8 Å². The van der Waals surface area contributed by atoms with Crippen LogP contribution >= 0.6 is 0 Å². The highest BCUT2D eigenvalue weighted by Crippen LogP contribution is 2.26. The van der Waals surface area contributed by atoms with Gasteiger partial charge in [-0.25, -0.2) is 0 Å². The lowest BCUT2D eigenvalue weighted by Crippen LogP contribution is -2.56. The summed E-state index contributed by atoms with van der Waals surface area (Å²) in [4.78, 5) is 26.7. The zero-order chi connectivity index (χ0) is 18.4. The van der Waals surface area contributed by atoms with Crippen molar-refractivity contribution in [2.24, 2.45) is 0 Å². The van der Waals surface area contributed by atoms with E-state index < -0.39 is 0 Å². The molecule has 1 aliphatic heterocycles. The number of nitrogens with one attached hydrogen (secondary N) is 2. The molecule has 2 N–H and O–H groups in total. The molecule has 1 saturated heterocycles. The van der Waals surface area contributed by atoms with Gasteiger partial charge in [-0.2, -0.15) is 0 Å². The summed E-state index contributed by atoms with van der Waals surface area (Å²) in [6, 6.07) is 7.87. The zero-order valence-corrected chi connectivity index (χ0v) is 15.5. The fraction of sp³-hybridized carbons (Fsp3) is 0.600. The standard InChI is InChI=1S/C20H29N3O3/c1-21-19(24)16-6-4-5-15(13-16)9-10-22-20(25)18-14-26-12-11-23(18)17-7-2-3-8-17/h4-6,13,17-18H,2-3,7-12,14H2,1H3,(H,21,24)(H,22,25). The smallest absolute Gasteiger partial charge is 0.251 e. The molecule has 0 aromatic heterocycles. The first-order chi connectivity index (χ1) is 12.7. The molecule has 3 rings (SSSR count). The quantitative estimate of drug-likeness (QED) is 0.804. The van der Waals surface area contributed by atoms with Crippen LogP contribution in [-0.4, -0.2) is 62.1 Å². The monoisotopic (exact) mass is 359 g/mol. The number of nitrogens with zero attached hydrogens (tertiary/aromatic N) is 1. The van der Waals surface area contributed by atoms with Crippen molar-refractivity contribution in [2.45, 2.75) is 44.2 Å². The third-order valence-electron chi connectivity index (χ3n) is 5.40. The maximum absolute atomic E-state index is 12.7. The van der Waals surface area contributed by atoms with Gasteiger partial charge in [0.15, 0.2) is 0 Å². The number of hydrogen-bond donors (Lipinski definition) is 2. The van der Waals surface area contributed by atoms with Crippen molar-refractivity contribution in [3.8, 4) is 0 Å². The molecule has 1 atom stereocenters. The van der Waals surface area contributed by atoms with Crippen LogP contribution in [0.2, 0.25) is 0 Å². The molecule has 1 aliphatic carbocycles. The van der Waals surface area contributed by atoms with Crippen LogP contribution in [0.5, 0.6) is 0 Å². The Labute approximate surface area is 155 Å². The van der Waals surface area contributed by atoms with E-state index in [-0.39, 0.29) is 17.9 Å². The highest BCUT2D eigenvalue weighted by molar-refractivity contribution is 5.94. The second-order valence-electron chi connectivity index (χ2n) is 7.09. The molecule has 1 aromatic carbocycles. The minimum absolute atomic E-state index is 0.0547. The van der Waals surface area contributed by atoms with E-state index in [0.29, 0.717) is 37.8 Å². The first-order valence-corrected chi connectivity index (χ1v) is 9.61. The summed E-state index contributed by atoms with van der Waals surface area (Å²) in [5.41, 5.74) is 1.68. The van der Waals surface area contributed by atoms with Gasteiger partial charge < -0.3 is 15.4 Å². The van der Waals surface area contributed by atoms with E-state index in [1.807, 2.05) is 18.2 Å². The van der Waals surface area contributed by atoms with Crippen molar-refractivity contribution in [3.05, 3.63) is 35.4 Å². The molecule has 2 aliphatic rings. The Morgan fingerprint density at radius 3 is 2.85 bits per heavy atom. The SMILES string of the molecule is CNC(=O)c1cccc(CCNC(=O)C2COCCN2C2CCCC2)c1. The Kier molecular flexibility index (Phi) is 6.63. The van der Waals surface area contributed by atoms with Gasteiger partial charge in [-0.1, -0.05) is 25.0 Å². The molecule has 2 amide bonds. The molecule has 0 radical (unpaired) electrons. The Hall–Kier alpha value is -1.92. The molecule has 142 valence electrons. The van der Waals surface area contributed by atoms with Crippen molar-refractivity contribution in [1.82, 2.24) is 15.5 Å². The lowest BCUT2D eigenvalue weighted by atomic mass is 10.1. The summed E-state index contributed by atoms with van der Waals surface area (Å²) in [6.07, 6.45) is 5.61. The van der Waals surface area contributed by atoms with Crippen molar-refractivity contribution in [3.63, 3.8) is 0 Å². The molecule has 1 heterocycles. The normalized spacial score (nSPS) is 21.5. The second kappa shape index (κ2) is 9.14. The molecule has 2 fully saturated rings. The fourth-order valence-electron chi connectivity index (χ4n) is 3.98. The van der Waals surface area contributed by atoms with Gasteiger partial charge in [0, 0.05) is 31.7 Å². The highest BCUT2D eigenvalue weighted by atomic mass is 16.5. The van der Waals surface area contributed by atoms with E-state index in [9.17, 15) is 9.59 Å². The summed E-state index contributed by atoms with van der Waals surface area (Å²) < 4.78 is 5.57. The summed E-state index contributed by atoms with van der Waals surface area (Å²) >= 11 is 0. The lowest BCUT2D eigenvalue weighted by Gasteiger charge is -2.38. The predicted octanol–water partition coefficient (Wildman–Crippen LogP) is 1.35. The topological polar surface area (TPSA) is 70.7 Å². The minimum Gasteiger partial charge on any atom is -0.378 e. The molecular formula is C20H29N3O3. The fourth-order valence-corrected chi connectivity index (χ4v) is 3.98. The average molecular weight is 359 g/mol. The zero-order valence-electron chi connectivity index (χ0n) is 15.5. The Bertz CT molecular complexity index is 628. The Balaban J connectivity index is 1.52. The van der Waals surface area contributed by atoms with Gasteiger partial charge in [0.2, 0.25) is 5.91 Å². The van der Waals surface area contributed by atoms with Gasteiger partial charge in [0.05, 0.1) is 13.2 Å². The van der Waals surface area contributed by atoms with Gasteiger partial charge in [0.25, 0.3) is 5.91 Å². The molecule has 26 heavy (non-hydrogen) atoms. The van der Waals surface area contributed by atoms with Crippen molar-refractivity contribution in [2.75, 3.05) is 33.4 Å². The summed E-state index contributed by atoms with van der Waals surface area (Å²) in [5.74, 6) is -0.0403. The molecular weight excluding hydrogens is 330 g/mol.